The van der Waals surface area contributed by atoms with E-state index in [1.807, 2.05) is 43.3 Å². The van der Waals surface area contributed by atoms with Gasteiger partial charge in [-0.3, -0.25) is 14.4 Å². The highest BCUT2D eigenvalue weighted by atomic mass is 32.2. The molecule has 6 nitrogen and oxygen atoms in total. The Kier molecular flexibility index (Phi) is 17.6. The van der Waals surface area contributed by atoms with Crippen LogP contribution in [0.15, 0.2) is 201 Å². The maximum Gasteiger partial charge on any atom is 0.166 e. The molecule has 0 fully saturated rings. The summed E-state index contributed by atoms with van der Waals surface area (Å²) in [4.78, 5) is 46.7. The Bertz CT molecular complexity index is 2680. The summed E-state index contributed by atoms with van der Waals surface area (Å²) >= 11 is 5.14. The predicted molar refractivity (Wildman–Crippen MR) is 270 cm³/mol. The normalized spacial score (nSPS) is 11.2. The molecule has 0 atom stereocenters. The summed E-state index contributed by atoms with van der Waals surface area (Å²) in [5, 5.41) is 0. The van der Waals surface area contributed by atoms with E-state index in [0.29, 0.717) is 0 Å². The van der Waals surface area contributed by atoms with Crippen molar-refractivity contribution >= 4 is 73.6 Å². The van der Waals surface area contributed by atoms with Crippen molar-refractivity contribution in [3.63, 3.8) is 0 Å². The number of carbonyl (C=O) groups is 3. The molecule has 7 aromatic rings. The molecule has 0 amide bonds. The van der Waals surface area contributed by atoms with Crippen LogP contribution < -0.4 is 0 Å². The Morgan fingerprint density at radius 3 is 0.955 bits per heavy atom. The summed E-state index contributed by atoms with van der Waals surface area (Å²) in [5.74, 6) is 0.308. The van der Waals surface area contributed by atoms with Crippen LogP contribution in [0.5, 0.6) is 0 Å². The third-order valence-electron chi connectivity index (χ3n) is 10.7. The van der Waals surface area contributed by atoms with Crippen molar-refractivity contribution in [2.75, 3.05) is 0 Å². The fourth-order valence-corrected chi connectivity index (χ4v) is 12.4. The van der Waals surface area contributed by atoms with Crippen LogP contribution in [0.2, 0.25) is 0 Å². The average molecular weight is 969 g/mol. The molecule has 0 aromatic heterocycles. The van der Waals surface area contributed by atoms with Crippen molar-refractivity contribution in [2.24, 2.45) is 0 Å². The van der Waals surface area contributed by atoms with Crippen molar-refractivity contribution in [1.29, 1.82) is 0 Å². The highest BCUT2D eigenvalue weighted by molar-refractivity contribution is 8.00. The summed E-state index contributed by atoms with van der Waals surface area (Å²) in [6.07, 6.45) is 2.45. The molecule has 0 aliphatic rings. The number of aryl methyl sites for hydroxylation is 4. The van der Waals surface area contributed by atoms with Gasteiger partial charge in [-0.15, -0.1) is 0 Å². The topological polar surface area (TPSA) is 108 Å². The van der Waals surface area contributed by atoms with Gasteiger partial charge < -0.3 is 4.55 Å². The standard InChI is InChI=1S/C48H45O3S4.C7H8O3S/c1-7-34-28-40(16-25-46(34)31(4)49)52-37-10-19-43(20-11-37)55(44-21-12-38(13-22-44)53-41-17-26-47(32(5)50)35(8-2)29-41)45-23-14-39(15-24-45)54-42-18-27-48(33(6)51)36(9-3)30-42;1-6-2-4-7(5-3-6)11(8,9)10/h10-30H,7-9H2,1-6H3;2-5H,1H3,(H,8,9,10)/q+1;/p-1. The van der Waals surface area contributed by atoms with Gasteiger partial charge in [0.2, 0.25) is 0 Å². The summed E-state index contributed by atoms with van der Waals surface area (Å²) in [6, 6.07) is 50.8. The van der Waals surface area contributed by atoms with E-state index in [-0.39, 0.29) is 33.1 Å². The zero-order valence-electron chi connectivity index (χ0n) is 38.0. The molecule has 338 valence electrons. The Hall–Kier alpha value is -5.14. The number of carbonyl (C=O) groups excluding carboxylic acids is 3. The number of rotatable bonds is 16. The fourth-order valence-electron chi connectivity index (χ4n) is 7.26. The van der Waals surface area contributed by atoms with Crippen molar-refractivity contribution in [1.82, 2.24) is 0 Å². The molecule has 0 heterocycles. The van der Waals surface area contributed by atoms with Gasteiger partial charge in [-0.2, -0.15) is 0 Å². The third-order valence-corrected chi connectivity index (χ3v) is 16.8. The van der Waals surface area contributed by atoms with E-state index in [0.717, 1.165) is 87.6 Å². The van der Waals surface area contributed by atoms with Gasteiger partial charge in [0.1, 0.15) is 10.1 Å². The minimum absolute atomic E-state index is 0.103. The smallest absolute Gasteiger partial charge is 0.166 e. The SMILES string of the molecule is CCc1cc(Sc2ccc([S+](c3ccc(Sc4ccc(C(C)=O)c(CC)c4)cc3)c3ccc(Sc4ccc(C(C)=O)c(CC)c4)cc3)cc2)ccc1C(C)=O.Cc1ccc(S(=O)(=O)[O-])cc1. The van der Waals surface area contributed by atoms with Crippen molar-refractivity contribution in [3.8, 4) is 0 Å². The summed E-state index contributed by atoms with van der Waals surface area (Å²) in [5.41, 5.74) is 6.57. The number of hydrogen-bond acceptors (Lipinski definition) is 9. The second-order valence-electron chi connectivity index (χ2n) is 15.5. The zero-order chi connectivity index (χ0) is 47.5. The van der Waals surface area contributed by atoms with Gasteiger partial charge in [-0.1, -0.05) is 92.0 Å². The lowest BCUT2D eigenvalue weighted by Crippen LogP contribution is -2.05. The number of Topliss-reactive ketones (excluding diaryl/α,β-unsaturated/α-hetero) is 3. The second-order valence-corrected chi connectivity index (χ2v) is 22.3. The summed E-state index contributed by atoms with van der Waals surface area (Å²) in [7, 11) is -4.63. The van der Waals surface area contributed by atoms with Gasteiger partial charge >= 0.3 is 0 Å². The van der Waals surface area contributed by atoms with Crippen LogP contribution in [-0.4, -0.2) is 30.3 Å². The number of hydrogen-bond donors (Lipinski definition) is 0. The molecular weight excluding hydrogens is 917 g/mol. The van der Waals surface area contributed by atoms with Crippen LogP contribution in [0, 0.1) is 6.92 Å². The molecule has 0 aliphatic heterocycles. The van der Waals surface area contributed by atoms with Gasteiger partial charge in [0.25, 0.3) is 0 Å². The molecule has 66 heavy (non-hydrogen) atoms. The van der Waals surface area contributed by atoms with E-state index in [9.17, 15) is 27.4 Å². The first-order valence-corrected chi connectivity index (χ1v) is 26.7. The van der Waals surface area contributed by atoms with Crippen LogP contribution in [0.1, 0.15) is 94.9 Å². The van der Waals surface area contributed by atoms with E-state index in [4.69, 9.17) is 0 Å². The van der Waals surface area contributed by atoms with E-state index in [2.05, 4.69) is 112 Å². The minimum Gasteiger partial charge on any atom is -0.744 e. The second kappa shape index (κ2) is 23.0. The van der Waals surface area contributed by atoms with Gasteiger partial charge in [0, 0.05) is 46.1 Å². The van der Waals surface area contributed by atoms with E-state index in [1.54, 1.807) is 68.2 Å². The van der Waals surface area contributed by atoms with Crippen LogP contribution in [-0.2, 0) is 40.3 Å². The molecule has 0 saturated carbocycles. The third kappa shape index (κ3) is 13.3. The van der Waals surface area contributed by atoms with Crippen LogP contribution in [0.4, 0.5) is 0 Å². The van der Waals surface area contributed by atoms with Crippen molar-refractivity contribution in [3.05, 3.63) is 191 Å². The molecular formula is C55H52O6S5. The minimum atomic E-state index is -4.27. The first-order valence-electron chi connectivity index (χ1n) is 21.6. The van der Waals surface area contributed by atoms with Gasteiger partial charge in [-0.05, 0) is 185 Å². The summed E-state index contributed by atoms with van der Waals surface area (Å²) in [6.45, 7) is 13.0. The first-order chi connectivity index (χ1) is 31.6. The van der Waals surface area contributed by atoms with Crippen molar-refractivity contribution < 1.29 is 27.4 Å². The zero-order valence-corrected chi connectivity index (χ0v) is 42.1. The van der Waals surface area contributed by atoms with E-state index in [1.165, 1.54) is 26.8 Å². The Morgan fingerprint density at radius 2 is 0.712 bits per heavy atom. The lowest BCUT2D eigenvalue weighted by molar-refractivity contribution is 0.100. The molecule has 0 N–H and O–H groups in total. The quantitative estimate of drug-likeness (QED) is 0.0531. The van der Waals surface area contributed by atoms with E-state index < -0.39 is 10.1 Å². The Labute approximate surface area is 405 Å². The molecule has 7 rings (SSSR count). The fraction of sp³-hybridized carbons (Fsp3) is 0.182. The van der Waals surface area contributed by atoms with Gasteiger partial charge in [-0.25, -0.2) is 8.42 Å². The predicted octanol–water partition coefficient (Wildman–Crippen LogP) is 14.4. The lowest BCUT2D eigenvalue weighted by atomic mass is 10.0. The molecule has 0 spiro atoms. The highest BCUT2D eigenvalue weighted by Gasteiger charge is 2.29. The first kappa shape index (κ1) is 50.3. The molecule has 0 bridgehead atoms. The summed E-state index contributed by atoms with van der Waals surface area (Å²) < 4.78 is 31.2. The molecule has 0 saturated heterocycles. The average Bonchev–Trinajstić information content (AvgIpc) is 3.30. The monoisotopic (exact) mass is 968 g/mol. The molecule has 11 heteroatoms. The van der Waals surface area contributed by atoms with Crippen LogP contribution in [0.25, 0.3) is 0 Å². The maximum atomic E-state index is 12.1. The molecule has 7 aromatic carbocycles. The van der Waals surface area contributed by atoms with Gasteiger partial charge in [0.15, 0.2) is 32.0 Å². The largest absolute Gasteiger partial charge is 0.744 e. The number of benzene rings is 7. The van der Waals surface area contributed by atoms with Gasteiger partial charge in [0.05, 0.1) is 15.8 Å². The van der Waals surface area contributed by atoms with E-state index >= 15 is 0 Å². The maximum absolute atomic E-state index is 12.1. The molecule has 0 radical (unpaired) electrons. The van der Waals surface area contributed by atoms with Crippen LogP contribution in [0.3, 0.4) is 0 Å². The molecule has 0 aliphatic carbocycles. The highest BCUT2D eigenvalue weighted by Crippen LogP contribution is 2.38. The molecule has 0 unspecified atom stereocenters. The number of ketones is 3. The Morgan fingerprint density at radius 1 is 0.439 bits per heavy atom. The van der Waals surface area contributed by atoms with Crippen LogP contribution >= 0.6 is 35.3 Å². The lowest BCUT2D eigenvalue weighted by Gasteiger charge is -2.12. The van der Waals surface area contributed by atoms with Crippen molar-refractivity contribution in [2.45, 2.75) is 117 Å². The Balaban J connectivity index is 0.000000574.